The molecule has 5 heteroatoms. The van der Waals surface area contributed by atoms with Crippen molar-refractivity contribution < 1.29 is 0 Å². The molecule has 0 saturated heterocycles. The van der Waals surface area contributed by atoms with Crippen LogP contribution in [-0.2, 0) is 6.54 Å². The number of pyridine rings is 1. The molecule has 0 fully saturated rings. The van der Waals surface area contributed by atoms with Crippen molar-refractivity contribution in [2.75, 3.05) is 24.3 Å². The zero-order valence-corrected chi connectivity index (χ0v) is 12.3. The number of rotatable bonds is 4. The lowest BCUT2D eigenvalue weighted by atomic mass is 10.2. The summed E-state index contributed by atoms with van der Waals surface area (Å²) >= 11 is 12.3. The Labute approximate surface area is 123 Å². The van der Waals surface area contributed by atoms with Gasteiger partial charge in [0, 0.05) is 42.4 Å². The van der Waals surface area contributed by atoms with Crippen LogP contribution in [0.1, 0.15) is 5.56 Å². The molecule has 1 aromatic carbocycles. The Morgan fingerprint density at radius 3 is 2.42 bits per heavy atom. The molecule has 2 aromatic rings. The van der Waals surface area contributed by atoms with Crippen LogP contribution >= 0.6 is 23.2 Å². The van der Waals surface area contributed by atoms with Gasteiger partial charge in [-0.15, -0.1) is 0 Å². The van der Waals surface area contributed by atoms with Crippen LogP contribution in [0.25, 0.3) is 0 Å². The van der Waals surface area contributed by atoms with Crippen LogP contribution in [0.4, 0.5) is 11.5 Å². The van der Waals surface area contributed by atoms with Crippen molar-refractivity contribution in [3.8, 4) is 0 Å². The summed E-state index contributed by atoms with van der Waals surface area (Å²) < 4.78 is 0. The van der Waals surface area contributed by atoms with Gasteiger partial charge in [-0.25, -0.2) is 4.98 Å². The Morgan fingerprint density at radius 1 is 1.11 bits per heavy atom. The van der Waals surface area contributed by atoms with E-state index in [9.17, 15) is 0 Å². The summed E-state index contributed by atoms with van der Waals surface area (Å²) in [4.78, 5) is 6.29. The zero-order valence-electron chi connectivity index (χ0n) is 10.8. The fourth-order valence-electron chi connectivity index (χ4n) is 1.78. The molecule has 100 valence electrons. The first kappa shape index (κ1) is 14.0. The average Bonchev–Trinajstić information content (AvgIpc) is 2.38. The highest BCUT2D eigenvalue weighted by atomic mass is 35.5. The van der Waals surface area contributed by atoms with E-state index in [2.05, 4.69) is 10.3 Å². The van der Waals surface area contributed by atoms with Gasteiger partial charge in [-0.1, -0.05) is 29.3 Å². The van der Waals surface area contributed by atoms with Crippen molar-refractivity contribution >= 4 is 34.7 Å². The molecule has 0 aliphatic heterocycles. The smallest absolute Gasteiger partial charge is 0.151 e. The van der Waals surface area contributed by atoms with Crippen molar-refractivity contribution in [2.24, 2.45) is 0 Å². The summed E-state index contributed by atoms with van der Waals surface area (Å²) in [6.45, 7) is 0.561. The van der Waals surface area contributed by atoms with E-state index in [1.165, 1.54) is 0 Å². The molecule has 0 radical (unpaired) electrons. The van der Waals surface area contributed by atoms with E-state index in [1.54, 1.807) is 6.20 Å². The summed E-state index contributed by atoms with van der Waals surface area (Å²) in [5, 5.41) is 4.64. The van der Waals surface area contributed by atoms with Gasteiger partial charge in [-0.3, -0.25) is 0 Å². The van der Waals surface area contributed by atoms with Crippen molar-refractivity contribution in [3.63, 3.8) is 0 Å². The van der Waals surface area contributed by atoms with E-state index in [-0.39, 0.29) is 0 Å². The van der Waals surface area contributed by atoms with Crippen molar-refractivity contribution in [1.82, 2.24) is 4.98 Å². The SMILES string of the molecule is CN(C)c1ncccc1NCc1c(Cl)cccc1Cl. The van der Waals surface area contributed by atoms with Gasteiger partial charge in [0.1, 0.15) is 0 Å². The van der Waals surface area contributed by atoms with Crippen molar-refractivity contribution in [3.05, 3.63) is 52.1 Å². The molecule has 2 rings (SSSR count). The second kappa shape index (κ2) is 6.13. The van der Waals surface area contributed by atoms with E-state index in [4.69, 9.17) is 23.2 Å². The number of benzene rings is 1. The topological polar surface area (TPSA) is 28.2 Å². The fraction of sp³-hybridized carbons (Fsp3) is 0.214. The number of aromatic nitrogens is 1. The molecule has 0 atom stereocenters. The van der Waals surface area contributed by atoms with Gasteiger partial charge in [0.15, 0.2) is 5.82 Å². The molecule has 3 nitrogen and oxygen atoms in total. The Balaban J connectivity index is 2.19. The van der Waals surface area contributed by atoms with Gasteiger partial charge >= 0.3 is 0 Å². The van der Waals surface area contributed by atoms with Crippen LogP contribution in [0.15, 0.2) is 36.5 Å². The largest absolute Gasteiger partial charge is 0.378 e. The molecule has 0 saturated carbocycles. The summed E-state index contributed by atoms with van der Waals surface area (Å²) in [6, 6.07) is 9.38. The molecule has 0 aliphatic rings. The van der Waals surface area contributed by atoms with Crippen LogP contribution in [0.2, 0.25) is 10.0 Å². The minimum Gasteiger partial charge on any atom is -0.378 e. The Morgan fingerprint density at radius 2 is 1.79 bits per heavy atom. The first-order valence-corrected chi connectivity index (χ1v) is 6.64. The van der Waals surface area contributed by atoms with Gasteiger partial charge in [0.05, 0.1) is 5.69 Å². The number of nitrogens with zero attached hydrogens (tertiary/aromatic N) is 2. The predicted octanol–water partition coefficient (Wildman–Crippen LogP) is 4.07. The first-order valence-electron chi connectivity index (χ1n) is 5.88. The average molecular weight is 296 g/mol. The summed E-state index contributed by atoms with van der Waals surface area (Å²) in [5.74, 6) is 0.880. The zero-order chi connectivity index (χ0) is 13.8. The maximum atomic E-state index is 6.15. The highest BCUT2D eigenvalue weighted by Gasteiger charge is 2.08. The van der Waals surface area contributed by atoms with E-state index in [0.29, 0.717) is 16.6 Å². The lowest BCUT2D eigenvalue weighted by Crippen LogP contribution is -2.14. The predicted molar refractivity (Wildman–Crippen MR) is 82.4 cm³/mol. The molecular formula is C14H15Cl2N3. The lowest BCUT2D eigenvalue weighted by molar-refractivity contribution is 1.05. The third kappa shape index (κ3) is 3.31. The lowest BCUT2D eigenvalue weighted by Gasteiger charge is -2.17. The Kier molecular flexibility index (Phi) is 4.51. The molecular weight excluding hydrogens is 281 g/mol. The monoisotopic (exact) mass is 295 g/mol. The number of hydrogen-bond donors (Lipinski definition) is 1. The van der Waals surface area contributed by atoms with Gasteiger partial charge in [-0.2, -0.15) is 0 Å². The molecule has 0 spiro atoms. The fourth-order valence-corrected chi connectivity index (χ4v) is 2.31. The van der Waals surface area contributed by atoms with Crippen molar-refractivity contribution in [2.45, 2.75) is 6.54 Å². The summed E-state index contributed by atoms with van der Waals surface area (Å²) in [7, 11) is 3.91. The normalized spacial score (nSPS) is 10.3. The van der Waals surface area contributed by atoms with Crippen molar-refractivity contribution in [1.29, 1.82) is 0 Å². The quantitative estimate of drug-likeness (QED) is 0.922. The van der Waals surface area contributed by atoms with Gasteiger partial charge in [0.2, 0.25) is 0 Å². The molecule has 1 N–H and O–H groups in total. The van der Waals surface area contributed by atoms with Crippen LogP contribution in [0.5, 0.6) is 0 Å². The maximum Gasteiger partial charge on any atom is 0.151 e. The van der Waals surface area contributed by atoms with Gasteiger partial charge in [0.25, 0.3) is 0 Å². The van der Waals surface area contributed by atoms with E-state index in [1.807, 2.05) is 49.3 Å². The van der Waals surface area contributed by atoms with E-state index < -0.39 is 0 Å². The standard InChI is InChI=1S/C14H15Cl2N3/c1-19(2)14-13(7-4-8-17-14)18-9-10-11(15)5-3-6-12(10)16/h3-8,18H,9H2,1-2H3. The number of nitrogens with one attached hydrogen (secondary N) is 1. The first-order chi connectivity index (χ1) is 9.09. The number of anilines is 2. The van der Waals surface area contributed by atoms with Crippen LogP contribution in [-0.4, -0.2) is 19.1 Å². The van der Waals surface area contributed by atoms with Crippen LogP contribution < -0.4 is 10.2 Å². The third-order valence-corrected chi connectivity index (χ3v) is 3.44. The second-order valence-corrected chi connectivity index (χ2v) is 5.14. The number of hydrogen-bond acceptors (Lipinski definition) is 3. The molecule has 0 amide bonds. The van der Waals surface area contributed by atoms with E-state index in [0.717, 1.165) is 17.1 Å². The maximum absolute atomic E-state index is 6.15. The summed E-state index contributed by atoms with van der Waals surface area (Å²) in [6.07, 6.45) is 1.77. The highest BCUT2D eigenvalue weighted by Crippen LogP contribution is 2.27. The minimum absolute atomic E-state index is 0.561. The van der Waals surface area contributed by atoms with Crippen LogP contribution in [0, 0.1) is 0 Å². The summed E-state index contributed by atoms with van der Waals surface area (Å²) in [5.41, 5.74) is 1.84. The van der Waals surface area contributed by atoms with Crippen LogP contribution in [0.3, 0.4) is 0 Å². The van der Waals surface area contributed by atoms with Gasteiger partial charge in [-0.05, 0) is 24.3 Å². The Hall–Kier alpha value is -1.45. The Bertz CT molecular complexity index is 550. The molecule has 0 bridgehead atoms. The molecule has 1 aromatic heterocycles. The number of halogens is 2. The second-order valence-electron chi connectivity index (χ2n) is 4.32. The molecule has 1 heterocycles. The third-order valence-electron chi connectivity index (χ3n) is 2.73. The highest BCUT2D eigenvalue weighted by molar-refractivity contribution is 6.36. The molecule has 0 unspecified atom stereocenters. The van der Waals surface area contributed by atoms with Gasteiger partial charge < -0.3 is 10.2 Å². The minimum atomic E-state index is 0.561. The molecule has 19 heavy (non-hydrogen) atoms. The molecule has 0 aliphatic carbocycles. The van der Waals surface area contributed by atoms with E-state index >= 15 is 0 Å².